The third-order valence-electron chi connectivity index (χ3n) is 17.8. The highest BCUT2D eigenvalue weighted by Crippen LogP contribution is 2.30. The van der Waals surface area contributed by atoms with Gasteiger partial charge in [-0.3, -0.25) is 4.79 Å². The van der Waals surface area contributed by atoms with Gasteiger partial charge >= 0.3 is 0 Å². The van der Waals surface area contributed by atoms with E-state index in [2.05, 4.69) is 104 Å². The lowest BCUT2D eigenvalue weighted by molar-refractivity contribution is -0.359. The molecule has 2 fully saturated rings. The zero-order valence-electron chi connectivity index (χ0n) is 58.0. The number of unbranched alkanes of at least 4 members (excludes halogenated alkanes) is 34. The molecule has 0 aromatic heterocycles. The molecule has 0 saturated carbocycles. The van der Waals surface area contributed by atoms with Crippen LogP contribution in [0.15, 0.2) is 97.2 Å². The maximum atomic E-state index is 13.4. The molecule has 2 rings (SSSR count). The Labute approximate surface area is 560 Å². The summed E-state index contributed by atoms with van der Waals surface area (Å²) in [5.41, 5.74) is 0. The monoisotopic (exact) mass is 1300 g/mol. The summed E-state index contributed by atoms with van der Waals surface area (Å²) in [6.07, 6.45) is 70.3. The average Bonchev–Trinajstić information content (AvgIpc) is 0.915. The van der Waals surface area contributed by atoms with Crippen molar-refractivity contribution in [3.05, 3.63) is 97.2 Å². The summed E-state index contributed by atoms with van der Waals surface area (Å²) < 4.78 is 22.9. The van der Waals surface area contributed by atoms with Crippen LogP contribution in [0.5, 0.6) is 0 Å². The average molecular weight is 1300 g/mol. The molecule has 2 aliphatic heterocycles. The Morgan fingerprint density at radius 2 is 0.750 bits per heavy atom. The molecule has 2 heterocycles. The van der Waals surface area contributed by atoms with E-state index in [9.17, 15) is 45.6 Å². The first-order chi connectivity index (χ1) is 45.1. The van der Waals surface area contributed by atoms with Gasteiger partial charge in [-0.15, -0.1) is 0 Å². The van der Waals surface area contributed by atoms with E-state index in [1.54, 1.807) is 6.08 Å². The molecule has 532 valence electrons. The molecule has 2 saturated heterocycles. The standard InChI is InChI=1S/C78H137NO13/c1-3-5-7-9-11-13-15-17-19-21-23-25-26-27-28-29-30-31-32-33-34-35-36-37-38-39-40-42-44-46-48-50-52-54-56-58-60-62-70(83)79-66(67(82)61-59-57-55-53-51-49-47-45-43-41-24-22-20-18-16-14-12-10-8-6-4-2)65-89-77-75(88)73(86)76(69(64-81)91-77)92-78-74(87)72(85)71(84)68(63-80)90-78/h5,7,11,13,17,19,23,25,27-28,30-31,33-34,59,61,66-69,71-78,80-82,84-88H,3-4,6,8-10,12,14-16,18,20-22,24,26,29,32,35-58,60,62-65H2,1-2H3,(H,79,83)/b7-5-,13-11-,19-17-,25-23-,28-27-,31-30-,34-33-,61-59+. The quantitative estimate of drug-likeness (QED) is 0.0204. The highest BCUT2D eigenvalue weighted by Gasteiger charge is 2.51. The predicted octanol–water partition coefficient (Wildman–Crippen LogP) is 16.1. The van der Waals surface area contributed by atoms with Crippen molar-refractivity contribution in [1.82, 2.24) is 5.32 Å². The number of hydrogen-bond donors (Lipinski definition) is 9. The number of amides is 1. The van der Waals surface area contributed by atoms with Gasteiger partial charge in [-0.05, 0) is 77.0 Å². The van der Waals surface area contributed by atoms with Gasteiger partial charge in [0.2, 0.25) is 5.91 Å². The second-order valence-electron chi connectivity index (χ2n) is 26.0. The van der Waals surface area contributed by atoms with Gasteiger partial charge in [-0.2, -0.15) is 0 Å². The van der Waals surface area contributed by atoms with E-state index in [0.717, 1.165) is 83.5 Å². The van der Waals surface area contributed by atoms with Crippen LogP contribution in [0.1, 0.15) is 296 Å². The molecular formula is C78H137NO13. The van der Waals surface area contributed by atoms with Crippen molar-refractivity contribution in [3.8, 4) is 0 Å². The number of hydrogen-bond acceptors (Lipinski definition) is 13. The third kappa shape index (κ3) is 44.6. The van der Waals surface area contributed by atoms with E-state index < -0.39 is 86.8 Å². The summed E-state index contributed by atoms with van der Waals surface area (Å²) in [6, 6.07) is -0.920. The Morgan fingerprint density at radius 1 is 0.402 bits per heavy atom. The van der Waals surface area contributed by atoms with Crippen molar-refractivity contribution >= 4 is 5.91 Å². The second kappa shape index (κ2) is 61.5. The van der Waals surface area contributed by atoms with Crippen LogP contribution in [-0.2, 0) is 23.7 Å². The van der Waals surface area contributed by atoms with Crippen molar-refractivity contribution in [3.63, 3.8) is 0 Å². The predicted molar refractivity (Wildman–Crippen MR) is 378 cm³/mol. The molecule has 0 bridgehead atoms. The van der Waals surface area contributed by atoms with Gasteiger partial charge in [-0.25, -0.2) is 0 Å². The van der Waals surface area contributed by atoms with Gasteiger partial charge in [-0.1, -0.05) is 310 Å². The van der Waals surface area contributed by atoms with E-state index >= 15 is 0 Å². The number of carbonyl (C=O) groups excluding carboxylic acids is 1. The Hall–Kier alpha value is -3.09. The number of nitrogens with one attached hydrogen (secondary N) is 1. The minimum atomic E-state index is -1.79. The minimum absolute atomic E-state index is 0.239. The third-order valence-corrected chi connectivity index (χ3v) is 17.8. The molecule has 14 heteroatoms. The Kier molecular flexibility index (Phi) is 56.8. The summed E-state index contributed by atoms with van der Waals surface area (Å²) in [5.74, 6) is -0.239. The molecule has 12 unspecified atom stereocenters. The molecule has 0 spiro atoms. The first-order valence-corrected chi connectivity index (χ1v) is 37.5. The van der Waals surface area contributed by atoms with Gasteiger partial charge in [0, 0.05) is 6.42 Å². The second-order valence-corrected chi connectivity index (χ2v) is 26.0. The van der Waals surface area contributed by atoms with E-state index in [1.807, 2.05) is 6.08 Å². The lowest BCUT2D eigenvalue weighted by atomic mass is 9.97. The van der Waals surface area contributed by atoms with Crippen LogP contribution in [0.4, 0.5) is 0 Å². The first-order valence-electron chi connectivity index (χ1n) is 37.5. The van der Waals surface area contributed by atoms with Gasteiger partial charge in [0.1, 0.15) is 48.8 Å². The molecule has 14 nitrogen and oxygen atoms in total. The maximum Gasteiger partial charge on any atom is 0.220 e. The Bertz CT molecular complexity index is 1920. The fourth-order valence-corrected chi connectivity index (χ4v) is 11.9. The smallest absolute Gasteiger partial charge is 0.220 e. The Balaban J connectivity index is 1.63. The van der Waals surface area contributed by atoms with Crippen molar-refractivity contribution in [2.24, 2.45) is 0 Å². The van der Waals surface area contributed by atoms with Crippen molar-refractivity contribution in [1.29, 1.82) is 0 Å². The lowest BCUT2D eigenvalue weighted by Crippen LogP contribution is -2.65. The zero-order valence-corrected chi connectivity index (χ0v) is 58.0. The topological polar surface area (TPSA) is 228 Å². The summed E-state index contributed by atoms with van der Waals surface area (Å²) in [7, 11) is 0. The molecular weight excluding hydrogens is 1160 g/mol. The molecule has 1 amide bonds. The molecule has 0 aliphatic carbocycles. The van der Waals surface area contributed by atoms with Crippen LogP contribution in [0, 0.1) is 0 Å². The summed E-state index contributed by atoms with van der Waals surface area (Å²) in [5, 5.41) is 87.5. The molecule has 0 radical (unpaired) electrons. The number of ether oxygens (including phenoxy) is 4. The molecule has 0 aromatic rings. The van der Waals surface area contributed by atoms with Crippen molar-refractivity contribution in [2.75, 3.05) is 19.8 Å². The van der Waals surface area contributed by atoms with Gasteiger partial charge in [0.15, 0.2) is 12.6 Å². The van der Waals surface area contributed by atoms with E-state index in [-0.39, 0.29) is 18.9 Å². The SMILES string of the molecule is CC/C=C\C/C=C\C/C=C\C/C=C\C/C=C\C/C=C\C/C=C\CCCCCCCCCCCCCCCCCC(=O)NC(COC1OC(CO)C(OC2OC(CO)C(O)C(O)C2O)C(O)C1O)C(O)/C=C/CCCCCCCCCCCCCCCCCCCCC. The molecule has 12 atom stereocenters. The van der Waals surface area contributed by atoms with Crippen LogP contribution < -0.4 is 5.32 Å². The molecule has 9 N–H and O–H groups in total. The van der Waals surface area contributed by atoms with Crippen molar-refractivity contribution < 1.29 is 64.6 Å². The molecule has 2 aliphatic rings. The lowest BCUT2D eigenvalue weighted by Gasteiger charge is -2.46. The van der Waals surface area contributed by atoms with E-state index in [1.165, 1.54) is 186 Å². The van der Waals surface area contributed by atoms with E-state index in [0.29, 0.717) is 6.42 Å². The van der Waals surface area contributed by atoms with Crippen molar-refractivity contribution in [2.45, 2.75) is 370 Å². The normalized spacial score (nSPS) is 23.2. The van der Waals surface area contributed by atoms with Gasteiger partial charge < -0.3 is 65.1 Å². The summed E-state index contributed by atoms with van der Waals surface area (Å²) in [4.78, 5) is 13.4. The van der Waals surface area contributed by atoms with Crippen LogP contribution in [0.3, 0.4) is 0 Å². The molecule has 92 heavy (non-hydrogen) atoms. The first kappa shape index (κ1) is 85.0. The van der Waals surface area contributed by atoms with Crippen LogP contribution >= 0.6 is 0 Å². The number of rotatable bonds is 61. The number of aliphatic hydroxyl groups excluding tert-OH is 8. The number of allylic oxidation sites excluding steroid dienone is 15. The molecule has 0 aromatic carbocycles. The van der Waals surface area contributed by atoms with Crippen LogP contribution in [-0.4, -0.2) is 140 Å². The van der Waals surface area contributed by atoms with Gasteiger partial charge in [0.25, 0.3) is 0 Å². The van der Waals surface area contributed by atoms with E-state index in [4.69, 9.17) is 18.9 Å². The highest BCUT2D eigenvalue weighted by molar-refractivity contribution is 5.76. The number of aliphatic hydroxyl groups is 8. The summed E-state index contributed by atoms with van der Waals surface area (Å²) in [6.45, 7) is 2.71. The fraction of sp³-hybridized carbons (Fsp3) is 0.782. The maximum absolute atomic E-state index is 13.4. The fourth-order valence-electron chi connectivity index (χ4n) is 11.9. The largest absolute Gasteiger partial charge is 0.394 e. The van der Waals surface area contributed by atoms with Crippen LogP contribution in [0.25, 0.3) is 0 Å². The minimum Gasteiger partial charge on any atom is -0.394 e. The van der Waals surface area contributed by atoms with Gasteiger partial charge in [0.05, 0.1) is 32.0 Å². The highest BCUT2D eigenvalue weighted by atomic mass is 16.7. The Morgan fingerprint density at radius 3 is 1.15 bits per heavy atom. The zero-order chi connectivity index (χ0) is 66.6. The van der Waals surface area contributed by atoms with Crippen LogP contribution in [0.2, 0.25) is 0 Å². The summed E-state index contributed by atoms with van der Waals surface area (Å²) >= 11 is 0. The number of carbonyl (C=O) groups is 1.